The maximum Gasteiger partial charge on any atom is 0.417 e. The van der Waals surface area contributed by atoms with E-state index >= 15 is 0 Å². The number of hydrogen-bond donors (Lipinski definition) is 3. The molecule has 3 N–H and O–H groups in total. The van der Waals surface area contributed by atoms with Crippen LogP contribution in [0.3, 0.4) is 0 Å². The zero-order valence-electron chi connectivity index (χ0n) is 10.8. The molecule has 1 heterocycles. The van der Waals surface area contributed by atoms with Gasteiger partial charge in [-0.1, -0.05) is 6.92 Å². The first-order valence-electron chi connectivity index (χ1n) is 5.94. The summed E-state index contributed by atoms with van der Waals surface area (Å²) in [5, 5.41) is 17.6. The Hall–Kier alpha value is -2.58. The van der Waals surface area contributed by atoms with Crippen molar-refractivity contribution in [1.29, 1.82) is 0 Å². The van der Waals surface area contributed by atoms with E-state index in [2.05, 4.69) is 20.5 Å². The summed E-state index contributed by atoms with van der Waals surface area (Å²) in [4.78, 5) is 15.8. The molecule has 0 unspecified atom stereocenters. The molecule has 0 atom stereocenters. The van der Waals surface area contributed by atoms with Crippen LogP contribution in [0.4, 0.5) is 19.1 Å². The predicted octanol–water partition coefficient (Wildman–Crippen LogP) is 2.34. The normalized spacial score (nSPS) is 11.4. The van der Waals surface area contributed by atoms with Gasteiger partial charge < -0.3 is 5.11 Å². The Morgan fingerprint density at radius 1 is 1.43 bits per heavy atom. The maximum atomic E-state index is 12.8. The largest absolute Gasteiger partial charge is 0.508 e. The molecule has 0 fully saturated rings. The molecular weight excluding hydrogens is 289 g/mol. The molecule has 2 rings (SSSR count). The van der Waals surface area contributed by atoms with E-state index in [-0.39, 0.29) is 5.95 Å². The van der Waals surface area contributed by atoms with Crippen LogP contribution in [0.1, 0.15) is 28.7 Å². The fourth-order valence-corrected chi connectivity index (χ4v) is 1.65. The van der Waals surface area contributed by atoms with E-state index in [1.165, 1.54) is 0 Å². The highest BCUT2D eigenvalue weighted by atomic mass is 19.4. The van der Waals surface area contributed by atoms with Crippen LogP contribution < -0.4 is 5.32 Å². The van der Waals surface area contributed by atoms with Crippen molar-refractivity contribution >= 4 is 11.9 Å². The van der Waals surface area contributed by atoms with Gasteiger partial charge in [-0.15, -0.1) is 5.10 Å². The first-order valence-corrected chi connectivity index (χ1v) is 5.94. The lowest BCUT2D eigenvalue weighted by Crippen LogP contribution is -2.19. The monoisotopic (exact) mass is 300 g/mol. The molecule has 1 aromatic carbocycles. The number of aromatic amines is 1. The second kappa shape index (κ2) is 5.43. The van der Waals surface area contributed by atoms with Crippen LogP contribution in [0.25, 0.3) is 0 Å². The predicted molar refractivity (Wildman–Crippen MR) is 66.8 cm³/mol. The number of carbonyl (C=O) groups excluding carboxylic acids is 1. The van der Waals surface area contributed by atoms with E-state index in [0.717, 1.165) is 12.1 Å². The summed E-state index contributed by atoms with van der Waals surface area (Å²) in [7, 11) is 0. The summed E-state index contributed by atoms with van der Waals surface area (Å²) in [6.45, 7) is 1.79. The van der Waals surface area contributed by atoms with Crippen LogP contribution in [0.15, 0.2) is 18.2 Å². The number of amides is 1. The summed E-state index contributed by atoms with van der Waals surface area (Å²) in [5.74, 6) is -1.15. The van der Waals surface area contributed by atoms with Gasteiger partial charge in [0.15, 0.2) is 0 Å². The first-order chi connectivity index (χ1) is 9.81. The number of benzene rings is 1. The average molecular weight is 300 g/mol. The Bertz CT molecular complexity index is 667. The average Bonchev–Trinajstić information content (AvgIpc) is 2.84. The standard InChI is InChI=1S/C12H11F3N4O2/c1-2-9-16-11(19-18-9)17-10(21)7-5-6(20)3-4-8(7)12(13,14)15/h3-5,20H,2H2,1H3,(H2,16,17,18,19,21). The summed E-state index contributed by atoms with van der Waals surface area (Å²) in [6.07, 6.45) is -4.18. The third-order valence-electron chi connectivity index (χ3n) is 2.65. The van der Waals surface area contributed by atoms with Crippen LogP contribution >= 0.6 is 0 Å². The van der Waals surface area contributed by atoms with Gasteiger partial charge in [0.05, 0.1) is 11.1 Å². The van der Waals surface area contributed by atoms with Gasteiger partial charge in [-0.3, -0.25) is 15.2 Å². The number of hydrogen-bond acceptors (Lipinski definition) is 4. The first kappa shape index (κ1) is 14.8. The number of aromatic hydroxyl groups is 1. The quantitative estimate of drug-likeness (QED) is 0.811. The van der Waals surface area contributed by atoms with E-state index in [0.29, 0.717) is 18.3 Å². The molecule has 0 aliphatic heterocycles. The van der Waals surface area contributed by atoms with Gasteiger partial charge in [0.1, 0.15) is 11.6 Å². The van der Waals surface area contributed by atoms with Crippen molar-refractivity contribution in [2.45, 2.75) is 19.5 Å². The number of phenolic OH excluding ortho intramolecular Hbond substituents is 1. The number of rotatable bonds is 3. The van der Waals surface area contributed by atoms with Crippen molar-refractivity contribution in [3.8, 4) is 5.75 Å². The highest BCUT2D eigenvalue weighted by Crippen LogP contribution is 2.33. The lowest BCUT2D eigenvalue weighted by Gasteiger charge is -2.12. The molecule has 0 bridgehead atoms. The molecule has 0 radical (unpaired) electrons. The molecule has 0 aliphatic carbocycles. The number of halogens is 3. The summed E-state index contributed by atoms with van der Waals surface area (Å²) in [6, 6.07) is 2.24. The van der Waals surface area contributed by atoms with Crippen LogP contribution in [0.2, 0.25) is 0 Å². The second-order valence-electron chi connectivity index (χ2n) is 4.14. The maximum absolute atomic E-state index is 12.8. The highest BCUT2D eigenvalue weighted by molar-refractivity contribution is 6.04. The molecule has 112 valence electrons. The lowest BCUT2D eigenvalue weighted by molar-refractivity contribution is -0.137. The molecule has 6 nitrogen and oxygen atoms in total. The number of nitrogens with one attached hydrogen (secondary N) is 2. The van der Waals surface area contributed by atoms with Crippen LogP contribution in [0.5, 0.6) is 5.75 Å². The molecule has 2 aromatic rings. The zero-order valence-corrected chi connectivity index (χ0v) is 10.8. The number of anilines is 1. The minimum Gasteiger partial charge on any atom is -0.508 e. The molecule has 0 saturated heterocycles. The van der Waals surface area contributed by atoms with Crippen LogP contribution in [-0.2, 0) is 12.6 Å². The molecule has 0 spiro atoms. The zero-order chi connectivity index (χ0) is 15.6. The van der Waals surface area contributed by atoms with Gasteiger partial charge in [0.25, 0.3) is 5.91 Å². The third-order valence-corrected chi connectivity index (χ3v) is 2.65. The Balaban J connectivity index is 2.32. The van der Waals surface area contributed by atoms with Crippen molar-refractivity contribution in [1.82, 2.24) is 15.2 Å². The molecule has 0 aliphatic rings. The summed E-state index contributed by atoms with van der Waals surface area (Å²) in [5.41, 5.74) is -1.85. The topological polar surface area (TPSA) is 90.9 Å². The van der Waals surface area contributed by atoms with Gasteiger partial charge in [0.2, 0.25) is 5.95 Å². The smallest absolute Gasteiger partial charge is 0.417 e. The number of aromatic nitrogens is 3. The van der Waals surface area contributed by atoms with Crippen molar-refractivity contribution < 1.29 is 23.1 Å². The Labute approximate surface area is 117 Å². The molecule has 9 heteroatoms. The Morgan fingerprint density at radius 2 is 2.14 bits per heavy atom. The third kappa shape index (κ3) is 3.30. The van der Waals surface area contributed by atoms with Crippen molar-refractivity contribution in [3.05, 3.63) is 35.2 Å². The number of aryl methyl sites for hydroxylation is 1. The number of H-pyrrole nitrogens is 1. The van der Waals surface area contributed by atoms with E-state index in [1.54, 1.807) is 6.92 Å². The van der Waals surface area contributed by atoms with E-state index < -0.39 is 29.0 Å². The molecule has 0 saturated carbocycles. The van der Waals surface area contributed by atoms with Crippen molar-refractivity contribution in [2.75, 3.05) is 5.32 Å². The molecular formula is C12H11F3N4O2. The van der Waals surface area contributed by atoms with Gasteiger partial charge in [-0.25, -0.2) is 0 Å². The summed E-state index contributed by atoms with van der Waals surface area (Å²) < 4.78 is 38.5. The number of alkyl halides is 3. The van der Waals surface area contributed by atoms with Gasteiger partial charge >= 0.3 is 6.18 Å². The SMILES string of the molecule is CCc1nc(NC(=O)c2cc(O)ccc2C(F)(F)F)n[nH]1. The van der Waals surface area contributed by atoms with Crippen LogP contribution in [-0.4, -0.2) is 26.2 Å². The molecule has 1 aromatic heterocycles. The Morgan fingerprint density at radius 3 is 2.71 bits per heavy atom. The Kier molecular flexibility index (Phi) is 3.83. The fourth-order valence-electron chi connectivity index (χ4n) is 1.65. The number of nitrogens with zero attached hydrogens (tertiary/aromatic N) is 2. The minimum atomic E-state index is -4.71. The lowest BCUT2D eigenvalue weighted by atomic mass is 10.1. The highest BCUT2D eigenvalue weighted by Gasteiger charge is 2.35. The van der Waals surface area contributed by atoms with Gasteiger partial charge in [-0.2, -0.15) is 18.2 Å². The number of carbonyl (C=O) groups is 1. The second-order valence-corrected chi connectivity index (χ2v) is 4.14. The minimum absolute atomic E-state index is 0.131. The van der Waals surface area contributed by atoms with E-state index in [9.17, 15) is 23.1 Å². The van der Waals surface area contributed by atoms with Crippen molar-refractivity contribution in [3.63, 3.8) is 0 Å². The van der Waals surface area contributed by atoms with Gasteiger partial charge in [0, 0.05) is 6.42 Å². The fraction of sp³-hybridized carbons (Fsp3) is 0.250. The van der Waals surface area contributed by atoms with Crippen molar-refractivity contribution in [2.24, 2.45) is 0 Å². The number of phenols is 1. The molecule has 1 amide bonds. The van der Waals surface area contributed by atoms with Crippen LogP contribution in [0, 0.1) is 0 Å². The summed E-state index contributed by atoms with van der Waals surface area (Å²) >= 11 is 0. The molecule has 21 heavy (non-hydrogen) atoms. The van der Waals surface area contributed by atoms with E-state index in [4.69, 9.17) is 0 Å². The van der Waals surface area contributed by atoms with Gasteiger partial charge in [-0.05, 0) is 18.2 Å². The van der Waals surface area contributed by atoms with E-state index in [1.807, 2.05) is 0 Å².